The number of nitrogens with one attached hydrogen (secondary N) is 1. The topological polar surface area (TPSA) is 73.1 Å². The maximum absolute atomic E-state index is 5.92. The fourth-order valence-electron chi connectivity index (χ4n) is 1.93. The highest BCUT2D eigenvalue weighted by Crippen LogP contribution is 2.29. The van der Waals surface area contributed by atoms with E-state index in [9.17, 15) is 0 Å². The van der Waals surface area contributed by atoms with E-state index in [1.807, 2.05) is 31.2 Å². The second-order valence-corrected chi connectivity index (χ2v) is 4.07. The highest BCUT2D eigenvalue weighted by atomic mass is 16.5. The van der Waals surface area contributed by atoms with Crippen molar-refractivity contribution < 1.29 is 4.74 Å². The van der Waals surface area contributed by atoms with Gasteiger partial charge in [0.05, 0.1) is 5.56 Å². The molecule has 0 aliphatic carbocycles. The van der Waals surface area contributed by atoms with Gasteiger partial charge in [-0.15, -0.1) is 0 Å². The number of nitrogens with zero attached hydrogens (tertiary/aromatic N) is 2. The summed E-state index contributed by atoms with van der Waals surface area (Å²) < 4.78 is 5.92. The summed E-state index contributed by atoms with van der Waals surface area (Å²) in [5, 5.41) is 0. The summed E-state index contributed by atoms with van der Waals surface area (Å²) in [7, 11) is 0. The fourth-order valence-corrected chi connectivity index (χ4v) is 1.93. The van der Waals surface area contributed by atoms with E-state index in [0.717, 1.165) is 29.7 Å². The van der Waals surface area contributed by atoms with Crippen molar-refractivity contribution in [1.82, 2.24) is 9.97 Å². The second-order valence-electron chi connectivity index (χ2n) is 4.07. The van der Waals surface area contributed by atoms with E-state index in [1.54, 1.807) is 0 Å². The van der Waals surface area contributed by atoms with Crippen molar-refractivity contribution in [2.45, 2.75) is 26.7 Å². The van der Waals surface area contributed by atoms with Crippen LogP contribution in [-0.2, 0) is 12.8 Å². The first kappa shape index (κ1) is 13.3. The molecule has 2 aromatic rings. The van der Waals surface area contributed by atoms with Gasteiger partial charge in [-0.3, -0.25) is 0 Å². The van der Waals surface area contributed by atoms with Crippen LogP contribution in [-0.4, -0.2) is 9.97 Å². The van der Waals surface area contributed by atoms with Crippen LogP contribution < -0.4 is 16.0 Å². The molecule has 0 saturated carbocycles. The summed E-state index contributed by atoms with van der Waals surface area (Å²) in [6, 6.07) is 7.93. The Hall–Kier alpha value is -2.14. The molecule has 1 aromatic carbocycles. The van der Waals surface area contributed by atoms with Crippen molar-refractivity contribution in [2.24, 2.45) is 5.84 Å². The number of hydrogen-bond acceptors (Lipinski definition) is 5. The number of hydrogen-bond donors (Lipinski definition) is 2. The van der Waals surface area contributed by atoms with Gasteiger partial charge < -0.3 is 10.2 Å². The standard InChI is InChI=1S/C14H18N4O/c1-3-10-7-5-6-8-12(10)19-14-11(4-2)13(18-15)16-9-17-14/h5-9H,3-4,15H2,1-2H3,(H,16,17,18). The number of benzene rings is 1. The minimum absolute atomic E-state index is 0.548. The zero-order valence-electron chi connectivity index (χ0n) is 11.2. The van der Waals surface area contributed by atoms with Gasteiger partial charge in [-0.2, -0.15) is 0 Å². The lowest BCUT2D eigenvalue weighted by atomic mass is 10.1. The maximum atomic E-state index is 5.92. The van der Waals surface area contributed by atoms with Crippen LogP contribution in [0.1, 0.15) is 25.0 Å². The number of nitrogens with two attached hydrogens (primary N) is 1. The quantitative estimate of drug-likeness (QED) is 0.637. The molecule has 0 bridgehead atoms. The van der Waals surface area contributed by atoms with Gasteiger partial charge in [-0.25, -0.2) is 15.8 Å². The molecule has 5 heteroatoms. The molecule has 0 amide bonds. The zero-order valence-corrected chi connectivity index (χ0v) is 11.2. The van der Waals surface area contributed by atoms with Crippen LogP contribution in [0.3, 0.4) is 0 Å². The number of aromatic nitrogens is 2. The van der Waals surface area contributed by atoms with E-state index in [2.05, 4.69) is 22.3 Å². The molecule has 1 heterocycles. The minimum atomic E-state index is 0.548. The van der Waals surface area contributed by atoms with Crippen LogP contribution in [0.5, 0.6) is 11.6 Å². The predicted molar refractivity (Wildman–Crippen MR) is 75.1 cm³/mol. The minimum Gasteiger partial charge on any atom is -0.438 e. The van der Waals surface area contributed by atoms with Crippen molar-refractivity contribution in [3.63, 3.8) is 0 Å². The molecule has 3 N–H and O–H groups in total. The average Bonchev–Trinajstić information content (AvgIpc) is 2.47. The molecule has 0 aliphatic heterocycles. The van der Waals surface area contributed by atoms with Crippen molar-refractivity contribution in [3.8, 4) is 11.6 Å². The molecule has 1 aromatic heterocycles. The Morgan fingerprint density at radius 3 is 2.63 bits per heavy atom. The van der Waals surface area contributed by atoms with Crippen LogP contribution in [0.15, 0.2) is 30.6 Å². The molecular formula is C14H18N4O. The first-order valence-electron chi connectivity index (χ1n) is 6.36. The summed E-state index contributed by atoms with van der Waals surface area (Å²) in [5.74, 6) is 7.42. The third-order valence-corrected chi connectivity index (χ3v) is 2.96. The van der Waals surface area contributed by atoms with Gasteiger partial charge >= 0.3 is 0 Å². The second kappa shape index (κ2) is 6.15. The van der Waals surface area contributed by atoms with Crippen molar-refractivity contribution in [3.05, 3.63) is 41.7 Å². The van der Waals surface area contributed by atoms with E-state index in [-0.39, 0.29) is 0 Å². The summed E-state index contributed by atoms with van der Waals surface area (Å²) in [6.45, 7) is 4.11. The van der Waals surface area contributed by atoms with E-state index >= 15 is 0 Å². The Balaban J connectivity index is 2.38. The van der Waals surface area contributed by atoms with E-state index in [0.29, 0.717) is 11.7 Å². The highest BCUT2D eigenvalue weighted by molar-refractivity contribution is 5.49. The van der Waals surface area contributed by atoms with E-state index in [1.165, 1.54) is 6.33 Å². The summed E-state index contributed by atoms with van der Waals surface area (Å²) in [5.41, 5.74) is 4.59. The van der Waals surface area contributed by atoms with Gasteiger partial charge in [0.15, 0.2) is 0 Å². The summed E-state index contributed by atoms with van der Waals surface area (Å²) in [6.07, 6.45) is 3.09. The Bertz CT molecular complexity index is 557. The van der Waals surface area contributed by atoms with E-state index < -0.39 is 0 Å². The summed E-state index contributed by atoms with van der Waals surface area (Å²) >= 11 is 0. The van der Waals surface area contributed by atoms with Crippen molar-refractivity contribution in [2.75, 3.05) is 5.43 Å². The number of hydrazine groups is 1. The maximum Gasteiger partial charge on any atom is 0.227 e. The van der Waals surface area contributed by atoms with Gasteiger partial charge in [0.1, 0.15) is 17.9 Å². The normalized spacial score (nSPS) is 10.3. The molecule has 19 heavy (non-hydrogen) atoms. The van der Waals surface area contributed by atoms with Gasteiger partial charge in [-0.05, 0) is 24.5 Å². The van der Waals surface area contributed by atoms with Crippen LogP contribution in [0.4, 0.5) is 5.82 Å². The SMILES string of the molecule is CCc1ccccc1Oc1ncnc(NN)c1CC. The fraction of sp³-hybridized carbons (Fsp3) is 0.286. The molecule has 0 fully saturated rings. The lowest BCUT2D eigenvalue weighted by Gasteiger charge is -2.13. The number of aryl methyl sites for hydroxylation is 1. The van der Waals surface area contributed by atoms with Gasteiger partial charge in [-0.1, -0.05) is 32.0 Å². The van der Waals surface area contributed by atoms with Crippen LogP contribution in [0.2, 0.25) is 0 Å². The van der Waals surface area contributed by atoms with Crippen LogP contribution >= 0.6 is 0 Å². The van der Waals surface area contributed by atoms with E-state index in [4.69, 9.17) is 10.6 Å². The third kappa shape index (κ3) is 2.82. The Labute approximate surface area is 112 Å². The smallest absolute Gasteiger partial charge is 0.227 e. The first-order chi connectivity index (χ1) is 9.30. The Morgan fingerprint density at radius 2 is 1.95 bits per heavy atom. The number of ether oxygens (including phenoxy) is 1. The van der Waals surface area contributed by atoms with Crippen LogP contribution in [0.25, 0.3) is 0 Å². The molecular weight excluding hydrogens is 240 g/mol. The molecule has 100 valence electrons. The lowest BCUT2D eigenvalue weighted by molar-refractivity contribution is 0.450. The monoisotopic (exact) mass is 258 g/mol. The molecule has 2 rings (SSSR count). The lowest BCUT2D eigenvalue weighted by Crippen LogP contribution is -2.12. The van der Waals surface area contributed by atoms with Gasteiger partial charge in [0, 0.05) is 0 Å². The molecule has 0 unspecified atom stereocenters. The number of nitrogen functional groups attached to an aromatic ring is 1. The van der Waals surface area contributed by atoms with Gasteiger partial charge in [0.25, 0.3) is 0 Å². The average molecular weight is 258 g/mol. The van der Waals surface area contributed by atoms with Crippen LogP contribution in [0, 0.1) is 0 Å². The van der Waals surface area contributed by atoms with Crippen molar-refractivity contribution in [1.29, 1.82) is 0 Å². The molecule has 0 aliphatic rings. The third-order valence-electron chi connectivity index (χ3n) is 2.96. The molecule has 5 nitrogen and oxygen atoms in total. The first-order valence-corrected chi connectivity index (χ1v) is 6.36. The Kier molecular flexibility index (Phi) is 4.30. The Morgan fingerprint density at radius 1 is 1.16 bits per heavy atom. The largest absolute Gasteiger partial charge is 0.438 e. The van der Waals surface area contributed by atoms with Gasteiger partial charge in [0.2, 0.25) is 5.88 Å². The zero-order chi connectivity index (χ0) is 13.7. The number of para-hydroxylation sites is 1. The highest BCUT2D eigenvalue weighted by Gasteiger charge is 2.12. The number of anilines is 1. The molecule has 0 saturated heterocycles. The molecule has 0 spiro atoms. The molecule has 0 radical (unpaired) electrons. The molecule has 0 atom stereocenters. The summed E-state index contributed by atoms with van der Waals surface area (Å²) in [4.78, 5) is 8.29. The van der Waals surface area contributed by atoms with Crippen molar-refractivity contribution >= 4 is 5.82 Å². The number of rotatable bonds is 5. The predicted octanol–water partition coefficient (Wildman–Crippen LogP) is 2.68.